The molecule has 0 radical (unpaired) electrons. The lowest BCUT2D eigenvalue weighted by Crippen LogP contribution is -2.41. The van der Waals surface area contributed by atoms with E-state index in [2.05, 4.69) is 24.3 Å². The van der Waals surface area contributed by atoms with E-state index < -0.39 is 10.0 Å². The molecule has 1 N–H and O–H groups in total. The summed E-state index contributed by atoms with van der Waals surface area (Å²) in [6.07, 6.45) is 0.969. The van der Waals surface area contributed by atoms with Crippen LogP contribution in [-0.2, 0) is 14.8 Å². The molecule has 1 fully saturated rings. The molecule has 1 aromatic heterocycles. The minimum Gasteiger partial charge on any atom is -0.360 e. The quantitative estimate of drug-likeness (QED) is 0.822. The summed E-state index contributed by atoms with van der Waals surface area (Å²) in [6, 6.07) is 7.84. The van der Waals surface area contributed by atoms with Crippen molar-refractivity contribution in [3.05, 3.63) is 41.3 Å². The maximum absolute atomic E-state index is 12.9. The van der Waals surface area contributed by atoms with Crippen molar-refractivity contribution >= 4 is 21.6 Å². The first kappa shape index (κ1) is 20.5. The van der Waals surface area contributed by atoms with Crippen molar-refractivity contribution in [3.8, 4) is 0 Å². The Morgan fingerprint density at radius 1 is 1.18 bits per heavy atom. The topological polar surface area (TPSA) is 92.5 Å². The Hall–Kier alpha value is -2.19. The van der Waals surface area contributed by atoms with Crippen molar-refractivity contribution in [2.24, 2.45) is 5.92 Å². The molecule has 2 aromatic rings. The molecule has 0 aliphatic carbocycles. The van der Waals surface area contributed by atoms with Crippen molar-refractivity contribution in [1.29, 1.82) is 0 Å². The zero-order chi connectivity index (χ0) is 20.5. The van der Waals surface area contributed by atoms with Gasteiger partial charge in [0.25, 0.3) is 0 Å². The number of nitrogens with zero attached hydrogens (tertiary/aromatic N) is 2. The van der Waals surface area contributed by atoms with E-state index >= 15 is 0 Å². The van der Waals surface area contributed by atoms with Gasteiger partial charge in [0.15, 0.2) is 5.76 Å². The number of sulfonamides is 1. The minimum absolute atomic E-state index is 0.0633. The van der Waals surface area contributed by atoms with Crippen molar-refractivity contribution in [3.63, 3.8) is 0 Å². The van der Waals surface area contributed by atoms with Gasteiger partial charge in [-0.1, -0.05) is 31.1 Å². The second kappa shape index (κ2) is 8.05. The lowest BCUT2D eigenvalue weighted by atomic mass is 9.97. The number of hydrogen-bond acceptors (Lipinski definition) is 5. The molecule has 8 heteroatoms. The molecule has 7 nitrogen and oxygen atoms in total. The molecule has 0 atom stereocenters. The van der Waals surface area contributed by atoms with Crippen molar-refractivity contribution in [2.45, 2.75) is 51.3 Å². The fraction of sp³-hybridized carbons (Fsp3) is 0.500. The molecule has 1 aliphatic rings. The van der Waals surface area contributed by atoms with E-state index in [0.29, 0.717) is 43.3 Å². The van der Waals surface area contributed by atoms with Crippen LogP contribution in [0, 0.1) is 19.8 Å². The normalized spacial score (nSPS) is 16.5. The monoisotopic (exact) mass is 405 g/mol. The highest BCUT2D eigenvalue weighted by molar-refractivity contribution is 7.89. The first-order valence-electron chi connectivity index (χ1n) is 9.54. The Labute approximate surface area is 166 Å². The fourth-order valence-corrected chi connectivity index (χ4v) is 5.29. The van der Waals surface area contributed by atoms with Crippen LogP contribution in [0.3, 0.4) is 0 Å². The molecule has 1 amide bonds. The second-order valence-corrected chi connectivity index (χ2v) is 9.47. The summed E-state index contributed by atoms with van der Waals surface area (Å²) in [4.78, 5) is 12.7. The molecule has 0 unspecified atom stereocenters. The maximum Gasteiger partial charge on any atom is 0.248 e. The summed E-state index contributed by atoms with van der Waals surface area (Å²) in [5.41, 5.74) is 2.35. The summed E-state index contributed by atoms with van der Waals surface area (Å²) in [5, 5.41) is 6.68. The first-order chi connectivity index (χ1) is 13.2. The molecule has 28 heavy (non-hydrogen) atoms. The van der Waals surface area contributed by atoms with E-state index in [4.69, 9.17) is 4.52 Å². The zero-order valence-electron chi connectivity index (χ0n) is 16.7. The predicted molar refractivity (Wildman–Crippen MR) is 107 cm³/mol. The van der Waals surface area contributed by atoms with Gasteiger partial charge in [0, 0.05) is 24.7 Å². The number of carbonyl (C=O) groups is 1. The van der Waals surface area contributed by atoms with Crippen molar-refractivity contribution in [1.82, 2.24) is 9.46 Å². The summed E-state index contributed by atoms with van der Waals surface area (Å²) in [6.45, 7) is 8.06. The number of nitrogens with one attached hydrogen (secondary N) is 1. The van der Waals surface area contributed by atoms with Gasteiger partial charge in [0.2, 0.25) is 15.9 Å². The average molecular weight is 406 g/mol. The van der Waals surface area contributed by atoms with Crippen LogP contribution in [0.4, 0.5) is 5.69 Å². The standard InChI is InChI=1S/C20H27N3O4S/c1-13(2)16-5-7-18(8-6-16)21-20(24)17-9-11-23(12-10-17)28(25,26)19-14(3)22-27-15(19)4/h5-8,13,17H,9-12H2,1-4H3,(H,21,24). The number of amides is 1. The lowest BCUT2D eigenvalue weighted by molar-refractivity contribution is -0.120. The third-order valence-electron chi connectivity index (χ3n) is 5.24. The highest BCUT2D eigenvalue weighted by Gasteiger charge is 2.35. The number of benzene rings is 1. The molecule has 152 valence electrons. The number of anilines is 1. The molecule has 1 saturated heterocycles. The molecule has 2 heterocycles. The minimum atomic E-state index is -3.66. The van der Waals surface area contributed by atoms with Gasteiger partial charge in [-0.25, -0.2) is 8.42 Å². The van der Waals surface area contributed by atoms with Gasteiger partial charge < -0.3 is 9.84 Å². The van der Waals surface area contributed by atoms with Crippen molar-refractivity contribution < 1.29 is 17.7 Å². The van der Waals surface area contributed by atoms with E-state index in [1.807, 2.05) is 24.3 Å². The number of aromatic nitrogens is 1. The van der Waals surface area contributed by atoms with E-state index in [0.717, 1.165) is 5.69 Å². The van der Waals surface area contributed by atoms with Crippen molar-refractivity contribution in [2.75, 3.05) is 18.4 Å². The van der Waals surface area contributed by atoms with Gasteiger partial charge in [0.1, 0.15) is 10.6 Å². The fourth-order valence-electron chi connectivity index (χ4n) is 3.53. The average Bonchev–Trinajstić information content (AvgIpc) is 3.01. The Kier molecular flexibility index (Phi) is 5.90. The molecular weight excluding hydrogens is 378 g/mol. The smallest absolute Gasteiger partial charge is 0.248 e. The number of aryl methyl sites for hydroxylation is 2. The summed E-state index contributed by atoms with van der Waals surface area (Å²) in [7, 11) is -3.66. The van der Waals surface area contributed by atoms with Gasteiger partial charge in [-0.2, -0.15) is 4.31 Å². The SMILES string of the molecule is Cc1noc(C)c1S(=O)(=O)N1CCC(C(=O)Nc2ccc(C(C)C)cc2)CC1. The van der Waals surface area contributed by atoms with Crippen LogP contribution >= 0.6 is 0 Å². The maximum atomic E-state index is 12.9. The Bertz CT molecular complexity index is 921. The first-order valence-corrected chi connectivity index (χ1v) is 11.0. The van der Waals surface area contributed by atoms with Crippen LogP contribution in [0.15, 0.2) is 33.7 Å². The third-order valence-corrected chi connectivity index (χ3v) is 7.38. The van der Waals surface area contributed by atoms with Gasteiger partial charge in [-0.05, 0) is 50.3 Å². The molecular formula is C20H27N3O4S. The summed E-state index contributed by atoms with van der Waals surface area (Å²) in [5.74, 6) is 0.462. The largest absolute Gasteiger partial charge is 0.360 e. The van der Waals surface area contributed by atoms with Gasteiger partial charge in [-0.15, -0.1) is 0 Å². The van der Waals surface area contributed by atoms with Gasteiger partial charge in [0.05, 0.1) is 0 Å². The highest BCUT2D eigenvalue weighted by Crippen LogP contribution is 2.28. The summed E-state index contributed by atoms with van der Waals surface area (Å²) < 4.78 is 32.2. The van der Waals surface area contributed by atoms with E-state index in [1.54, 1.807) is 13.8 Å². The van der Waals surface area contributed by atoms with E-state index in [-0.39, 0.29) is 16.7 Å². The number of rotatable bonds is 5. The number of carbonyl (C=O) groups excluding carboxylic acids is 1. The Balaban J connectivity index is 1.61. The molecule has 1 aromatic carbocycles. The molecule has 3 rings (SSSR count). The van der Waals surface area contributed by atoms with Crippen LogP contribution in [0.5, 0.6) is 0 Å². The lowest BCUT2D eigenvalue weighted by Gasteiger charge is -2.30. The van der Waals surface area contributed by atoms with Crippen LogP contribution < -0.4 is 5.32 Å². The number of hydrogen-bond donors (Lipinski definition) is 1. The van der Waals surface area contributed by atoms with E-state index in [1.165, 1.54) is 9.87 Å². The van der Waals surface area contributed by atoms with Crippen LogP contribution in [-0.4, -0.2) is 36.9 Å². The molecule has 1 aliphatic heterocycles. The Morgan fingerprint density at radius 2 is 1.79 bits per heavy atom. The zero-order valence-corrected chi connectivity index (χ0v) is 17.5. The molecule has 0 spiro atoms. The van der Waals surface area contributed by atoms with Gasteiger partial charge in [-0.3, -0.25) is 4.79 Å². The highest BCUT2D eigenvalue weighted by atomic mass is 32.2. The van der Waals surface area contributed by atoms with Crippen LogP contribution in [0.2, 0.25) is 0 Å². The molecule has 0 bridgehead atoms. The van der Waals surface area contributed by atoms with Crippen LogP contribution in [0.25, 0.3) is 0 Å². The predicted octanol–water partition coefficient (Wildman–Crippen LogP) is 3.45. The van der Waals surface area contributed by atoms with Crippen LogP contribution in [0.1, 0.15) is 49.6 Å². The molecule has 0 saturated carbocycles. The summed E-state index contributed by atoms with van der Waals surface area (Å²) >= 11 is 0. The second-order valence-electron chi connectivity index (χ2n) is 7.60. The number of piperidine rings is 1. The third kappa shape index (κ3) is 4.12. The van der Waals surface area contributed by atoms with Gasteiger partial charge >= 0.3 is 0 Å². The van der Waals surface area contributed by atoms with E-state index in [9.17, 15) is 13.2 Å². The Morgan fingerprint density at radius 3 is 2.29 bits per heavy atom.